The lowest BCUT2D eigenvalue weighted by molar-refractivity contribution is -0.136. The third-order valence-electron chi connectivity index (χ3n) is 4.29. The maximum absolute atomic E-state index is 13.2. The van der Waals surface area contributed by atoms with Crippen LogP contribution in [0.3, 0.4) is 0 Å². The number of carbonyl (C=O) groups excluding carboxylic acids is 2. The van der Waals surface area contributed by atoms with E-state index in [0.717, 1.165) is 5.56 Å². The Morgan fingerprint density at radius 2 is 1.81 bits per heavy atom. The summed E-state index contributed by atoms with van der Waals surface area (Å²) in [6, 6.07) is 14.3. The van der Waals surface area contributed by atoms with Gasteiger partial charge in [0.1, 0.15) is 5.75 Å². The highest BCUT2D eigenvalue weighted by molar-refractivity contribution is 6.32. The van der Waals surface area contributed by atoms with Gasteiger partial charge < -0.3 is 9.47 Å². The zero-order valence-electron chi connectivity index (χ0n) is 15.2. The van der Waals surface area contributed by atoms with E-state index in [2.05, 4.69) is 0 Å². The number of benzene rings is 2. The molecule has 0 unspecified atom stereocenters. The molecule has 0 radical (unpaired) electrons. The summed E-state index contributed by atoms with van der Waals surface area (Å²) in [5, 5.41) is 0.371. The molecule has 0 atom stereocenters. The Kier molecular flexibility index (Phi) is 5.33. The van der Waals surface area contributed by atoms with Crippen molar-refractivity contribution >= 4 is 35.2 Å². The first kappa shape index (κ1) is 18.7. The molecule has 27 heavy (non-hydrogen) atoms. The molecule has 0 bridgehead atoms. The van der Waals surface area contributed by atoms with Crippen molar-refractivity contribution < 1.29 is 19.1 Å². The van der Waals surface area contributed by atoms with Crippen LogP contribution in [-0.2, 0) is 14.3 Å². The fraction of sp³-hybridized carbons (Fsp3) is 0.143. The van der Waals surface area contributed by atoms with Crippen LogP contribution in [0.1, 0.15) is 12.5 Å². The highest BCUT2D eigenvalue weighted by atomic mass is 35.5. The van der Waals surface area contributed by atoms with Crippen LogP contribution in [-0.4, -0.2) is 26.1 Å². The predicted molar refractivity (Wildman–Crippen MR) is 105 cm³/mol. The molecule has 0 aliphatic carbocycles. The SMILES string of the molecule is COC(=O)C1=C(C)N(c2ccc(OC)c(Cl)c2)C(=O)/C1=C/c1ccccc1. The molecule has 2 aromatic rings. The van der Waals surface area contributed by atoms with E-state index in [1.807, 2.05) is 30.3 Å². The van der Waals surface area contributed by atoms with E-state index in [0.29, 0.717) is 22.2 Å². The second-order valence-corrected chi connectivity index (χ2v) is 6.29. The molecule has 0 saturated carbocycles. The third-order valence-corrected chi connectivity index (χ3v) is 4.59. The number of hydrogen-bond donors (Lipinski definition) is 0. The molecular formula is C21H18ClNO4. The minimum atomic E-state index is -0.565. The van der Waals surface area contributed by atoms with Gasteiger partial charge in [-0.05, 0) is 36.8 Å². The molecule has 5 nitrogen and oxygen atoms in total. The van der Waals surface area contributed by atoms with Crippen LogP contribution in [0.4, 0.5) is 5.69 Å². The molecule has 3 rings (SSSR count). The van der Waals surface area contributed by atoms with Crippen LogP contribution < -0.4 is 9.64 Å². The number of halogens is 1. The summed E-state index contributed by atoms with van der Waals surface area (Å²) in [7, 11) is 2.81. The van der Waals surface area contributed by atoms with Crippen LogP contribution in [0.15, 0.2) is 65.4 Å². The summed E-state index contributed by atoms with van der Waals surface area (Å²) >= 11 is 6.21. The van der Waals surface area contributed by atoms with Crippen molar-refractivity contribution in [1.29, 1.82) is 0 Å². The Labute approximate surface area is 162 Å². The predicted octanol–water partition coefficient (Wildman–Crippen LogP) is 4.23. The van der Waals surface area contributed by atoms with Gasteiger partial charge in [0.15, 0.2) is 0 Å². The quantitative estimate of drug-likeness (QED) is 0.585. The second kappa shape index (κ2) is 7.68. The largest absolute Gasteiger partial charge is 0.495 e. The Balaban J connectivity index is 2.13. The van der Waals surface area contributed by atoms with Gasteiger partial charge in [-0.1, -0.05) is 41.9 Å². The molecule has 1 heterocycles. The zero-order valence-corrected chi connectivity index (χ0v) is 15.9. The Morgan fingerprint density at radius 3 is 2.41 bits per heavy atom. The standard InChI is InChI=1S/C21H18ClNO4/c1-13-19(21(25)27-3)16(11-14-7-5-4-6-8-14)20(24)23(13)15-9-10-18(26-2)17(22)12-15/h4-12H,1-3H3/b16-11+. The topological polar surface area (TPSA) is 55.8 Å². The van der Waals surface area contributed by atoms with E-state index in [4.69, 9.17) is 21.1 Å². The van der Waals surface area contributed by atoms with Gasteiger partial charge in [0.25, 0.3) is 5.91 Å². The number of allylic oxidation sites excluding steroid dienone is 1. The van der Waals surface area contributed by atoms with E-state index in [1.54, 1.807) is 31.2 Å². The van der Waals surface area contributed by atoms with Crippen LogP contribution in [0.25, 0.3) is 6.08 Å². The van der Waals surface area contributed by atoms with Crippen molar-refractivity contribution in [3.8, 4) is 5.75 Å². The number of methoxy groups -OCH3 is 2. The van der Waals surface area contributed by atoms with E-state index in [1.165, 1.54) is 19.1 Å². The molecule has 0 spiro atoms. The van der Waals surface area contributed by atoms with Gasteiger partial charge in [0.05, 0.1) is 36.1 Å². The first-order chi connectivity index (χ1) is 13.0. The molecule has 1 aliphatic rings. The van der Waals surface area contributed by atoms with Gasteiger partial charge in [0.2, 0.25) is 0 Å². The molecule has 0 saturated heterocycles. The Bertz CT molecular complexity index is 963. The van der Waals surface area contributed by atoms with Crippen LogP contribution >= 0.6 is 11.6 Å². The average Bonchev–Trinajstić information content (AvgIpc) is 2.92. The lowest BCUT2D eigenvalue weighted by atomic mass is 10.0. The van der Waals surface area contributed by atoms with Crippen molar-refractivity contribution in [3.63, 3.8) is 0 Å². The third kappa shape index (κ3) is 3.46. The number of anilines is 1. The minimum absolute atomic E-state index is 0.235. The molecule has 0 aromatic heterocycles. The lowest BCUT2D eigenvalue weighted by Gasteiger charge is -2.19. The summed E-state index contributed by atoms with van der Waals surface area (Å²) < 4.78 is 10.1. The summed E-state index contributed by atoms with van der Waals surface area (Å²) in [4.78, 5) is 27.0. The van der Waals surface area contributed by atoms with Gasteiger partial charge in [-0.3, -0.25) is 9.69 Å². The van der Waals surface area contributed by atoms with Crippen molar-refractivity contribution in [2.45, 2.75) is 6.92 Å². The summed E-state index contributed by atoms with van der Waals surface area (Å²) in [5.41, 5.74) is 2.34. The van der Waals surface area contributed by atoms with Gasteiger partial charge in [-0.25, -0.2) is 4.79 Å². The molecule has 1 amide bonds. The monoisotopic (exact) mass is 383 g/mol. The maximum atomic E-state index is 13.2. The number of esters is 1. The van der Waals surface area contributed by atoms with E-state index >= 15 is 0 Å². The van der Waals surface area contributed by atoms with Gasteiger partial charge in [-0.15, -0.1) is 0 Å². The lowest BCUT2D eigenvalue weighted by Crippen LogP contribution is -2.24. The molecular weight excluding hydrogens is 366 g/mol. The van der Waals surface area contributed by atoms with E-state index < -0.39 is 5.97 Å². The summed E-state index contributed by atoms with van der Waals surface area (Å²) in [5.74, 6) is -0.384. The summed E-state index contributed by atoms with van der Waals surface area (Å²) in [6.45, 7) is 1.70. The first-order valence-electron chi connectivity index (χ1n) is 8.22. The van der Waals surface area contributed by atoms with Gasteiger partial charge >= 0.3 is 5.97 Å². The van der Waals surface area contributed by atoms with E-state index in [-0.39, 0.29) is 17.1 Å². The number of rotatable bonds is 4. The van der Waals surface area contributed by atoms with Crippen LogP contribution in [0.2, 0.25) is 5.02 Å². The van der Waals surface area contributed by atoms with Crippen molar-refractivity contribution in [1.82, 2.24) is 0 Å². The fourth-order valence-corrected chi connectivity index (χ4v) is 3.25. The maximum Gasteiger partial charge on any atom is 0.340 e. The van der Waals surface area contributed by atoms with Crippen LogP contribution in [0, 0.1) is 0 Å². The van der Waals surface area contributed by atoms with E-state index in [9.17, 15) is 9.59 Å². The number of carbonyl (C=O) groups is 2. The van der Waals surface area contributed by atoms with Gasteiger partial charge in [-0.2, -0.15) is 0 Å². The summed E-state index contributed by atoms with van der Waals surface area (Å²) in [6.07, 6.45) is 1.68. The molecule has 0 fully saturated rings. The minimum Gasteiger partial charge on any atom is -0.495 e. The Hall–Kier alpha value is -3.05. The molecule has 2 aromatic carbocycles. The smallest absolute Gasteiger partial charge is 0.340 e. The van der Waals surface area contributed by atoms with Crippen molar-refractivity contribution in [2.24, 2.45) is 0 Å². The van der Waals surface area contributed by atoms with Crippen molar-refractivity contribution in [3.05, 3.63) is 76.0 Å². The Morgan fingerprint density at radius 1 is 1.11 bits per heavy atom. The molecule has 0 N–H and O–H groups in total. The second-order valence-electron chi connectivity index (χ2n) is 5.88. The molecule has 6 heteroatoms. The van der Waals surface area contributed by atoms with Crippen LogP contribution in [0.5, 0.6) is 5.75 Å². The number of amides is 1. The average molecular weight is 384 g/mol. The zero-order chi connectivity index (χ0) is 19.6. The normalized spacial score (nSPS) is 15.5. The number of ether oxygens (including phenoxy) is 2. The number of nitrogens with zero attached hydrogens (tertiary/aromatic N) is 1. The first-order valence-corrected chi connectivity index (χ1v) is 8.60. The molecule has 1 aliphatic heterocycles. The molecule has 138 valence electrons. The number of hydrogen-bond acceptors (Lipinski definition) is 4. The van der Waals surface area contributed by atoms with Crippen molar-refractivity contribution in [2.75, 3.05) is 19.1 Å². The highest BCUT2D eigenvalue weighted by Crippen LogP contribution is 2.38. The van der Waals surface area contributed by atoms with Gasteiger partial charge in [0, 0.05) is 5.70 Å². The highest BCUT2D eigenvalue weighted by Gasteiger charge is 2.38. The fourth-order valence-electron chi connectivity index (χ4n) is 3.00.